The van der Waals surface area contributed by atoms with E-state index in [2.05, 4.69) is 0 Å². The average Bonchev–Trinajstić information content (AvgIpc) is 2.68. The van der Waals surface area contributed by atoms with Crippen molar-refractivity contribution >= 4 is 28.4 Å². The second kappa shape index (κ2) is 3.38. The summed E-state index contributed by atoms with van der Waals surface area (Å²) in [6.45, 7) is 0.427. The Kier molecular flexibility index (Phi) is 1.90. The lowest BCUT2D eigenvalue weighted by atomic mass is 10.1. The Balaban J connectivity index is 2.47. The molecule has 0 fully saturated rings. The predicted octanol–water partition coefficient (Wildman–Crippen LogP) is 3.12. The van der Waals surface area contributed by atoms with E-state index in [0.29, 0.717) is 12.2 Å². The summed E-state index contributed by atoms with van der Waals surface area (Å²) in [5.41, 5.74) is 1.51. The molecule has 0 radical (unpaired) electrons. The molecule has 3 heteroatoms. The van der Waals surface area contributed by atoms with Gasteiger partial charge in [0.15, 0.2) is 0 Å². The molecule has 3 rings (SSSR count). The maximum absolute atomic E-state index is 10.4. The van der Waals surface area contributed by atoms with Crippen LogP contribution >= 0.6 is 0 Å². The molecule has 1 heterocycles. The van der Waals surface area contributed by atoms with E-state index in [-0.39, 0.29) is 0 Å². The zero-order chi connectivity index (χ0) is 11.0. The molecule has 3 nitrogen and oxygen atoms in total. The van der Waals surface area contributed by atoms with Gasteiger partial charge in [-0.1, -0.05) is 24.3 Å². The fourth-order valence-electron chi connectivity index (χ4n) is 1.89. The largest absolute Gasteiger partial charge is 0.456 e. The summed E-state index contributed by atoms with van der Waals surface area (Å²) in [4.78, 5) is 10.4. The lowest BCUT2D eigenvalue weighted by Crippen LogP contribution is -1.88. The molecule has 0 aliphatic carbocycles. The van der Waals surface area contributed by atoms with Gasteiger partial charge in [-0.2, -0.15) is 0 Å². The van der Waals surface area contributed by atoms with Gasteiger partial charge in [-0.05, 0) is 18.2 Å². The maximum Gasteiger partial charge on any atom is 0.298 e. The fourth-order valence-corrected chi connectivity index (χ4v) is 1.89. The number of ether oxygens (including phenoxy) is 1. The highest BCUT2D eigenvalue weighted by Crippen LogP contribution is 2.34. The number of benzene rings is 2. The predicted molar refractivity (Wildman–Crippen MR) is 60.4 cm³/mol. The second-order valence-corrected chi connectivity index (χ2v) is 3.44. The summed E-state index contributed by atoms with van der Waals surface area (Å²) < 4.78 is 10.6. The summed E-state index contributed by atoms with van der Waals surface area (Å²) >= 11 is 0. The zero-order valence-corrected chi connectivity index (χ0v) is 8.34. The molecule has 1 aromatic heterocycles. The van der Waals surface area contributed by atoms with E-state index >= 15 is 0 Å². The van der Waals surface area contributed by atoms with E-state index in [0.717, 1.165) is 21.9 Å². The van der Waals surface area contributed by atoms with Crippen molar-refractivity contribution in [3.05, 3.63) is 42.5 Å². The Morgan fingerprint density at radius 1 is 1.00 bits per heavy atom. The van der Waals surface area contributed by atoms with Gasteiger partial charge in [0, 0.05) is 5.39 Å². The van der Waals surface area contributed by atoms with E-state index in [4.69, 9.17) is 9.15 Å². The first-order valence-corrected chi connectivity index (χ1v) is 4.91. The van der Waals surface area contributed by atoms with Crippen molar-refractivity contribution in [2.75, 3.05) is 0 Å². The minimum absolute atomic E-state index is 0.427. The third-order valence-corrected chi connectivity index (χ3v) is 2.54. The number of hydrogen-bond donors (Lipinski definition) is 0. The maximum atomic E-state index is 10.4. The molecule has 16 heavy (non-hydrogen) atoms. The highest BCUT2D eigenvalue weighted by Gasteiger charge is 2.10. The topological polar surface area (TPSA) is 39.4 Å². The van der Waals surface area contributed by atoms with Crippen LogP contribution in [0.5, 0.6) is 5.75 Å². The van der Waals surface area contributed by atoms with Crippen molar-refractivity contribution in [2.45, 2.75) is 0 Å². The molecule has 78 valence electrons. The summed E-state index contributed by atoms with van der Waals surface area (Å²) in [5, 5.41) is 1.79. The van der Waals surface area contributed by atoms with E-state index < -0.39 is 0 Å². The first-order chi connectivity index (χ1) is 7.90. The Morgan fingerprint density at radius 3 is 2.69 bits per heavy atom. The molecule has 0 unspecified atom stereocenters. The number of hydrogen-bond acceptors (Lipinski definition) is 3. The first-order valence-electron chi connectivity index (χ1n) is 4.91. The molecule has 0 amide bonds. The molecular formula is C13H8O3. The van der Waals surface area contributed by atoms with Crippen molar-refractivity contribution in [2.24, 2.45) is 0 Å². The number of fused-ring (bicyclic) bond motifs is 3. The van der Waals surface area contributed by atoms with E-state index in [9.17, 15) is 4.79 Å². The van der Waals surface area contributed by atoms with E-state index in [1.54, 1.807) is 12.1 Å². The van der Waals surface area contributed by atoms with Crippen LogP contribution in [0.3, 0.4) is 0 Å². The van der Waals surface area contributed by atoms with Crippen LogP contribution in [0.15, 0.2) is 46.9 Å². The van der Waals surface area contributed by atoms with Crippen LogP contribution in [0.2, 0.25) is 0 Å². The Labute approximate surface area is 91.2 Å². The van der Waals surface area contributed by atoms with Crippen LogP contribution in [0.25, 0.3) is 21.9 Å². The lowest BCUT2D eigenvalue weighted by Gasteiger charge is -1.98. The third kappa shape index (κ3) is 1.18. The number of furan rings is 1. The summed E-state index contributed by atoms with van der Waals surface area (Å²) in [7, 11) is 0. The molecule has 0 saturated heterocycles. The smallest absolute Gasteiger partial charge is 0.298 e. The third-order valence-electron chi connectivity index (χ3n) is 2.54. The first kappa shape index (κ1) is 8.97. The zero-order valence-electron chi connectivity index (χ0n) is 8.34. The minimum Gasteiger partial charge on any atom is -0.456 e. The number of carbonyl (C=O) groups is 1. The quantitative estimate of drug-likeness (QED) is 0.612. The number of para-hydroxylation sites is 1. The molecule has 0 aliphatic rings. The van der Waals surface area contributed by atoms with Crippen molar-refractivity contribution < 1.29 is 13.9 Å². The van der Waals surface area contributed by atoms with Gasteiger partial charge in [-0.25, -0.2) is 0 Å². The van der Waals surface area contributed by atoms with Crippen molar-refractivity contribution in [3.8, 4) is 5.75 Å². The average molecular weight is 212 g/mol. The lowest BCUT2D eigenvalue weighted by molar-refractivity contribution is -0.120. The van der Waals surface area contributed by atoms with Crippen LogP contribution in [0.1, 0.15) is 0 Å². The molecule has 0 atom stereocenters. The second-order valence-electron chi connectivity index (χ2n) is 3.44. The molecule has 2 aromatic carbocycles. The van der Waals surface area contributed by atoms with Crippen LogP contribution in [-0.4, -0.2) is 6.47 Å². The SMILES string of the molecule is O=COc1cccc2oc3ccccc3c12. The normalized spacial score (nSPS) is 10.8. The van der Waals surface area contributed by atoms with E-state index in [1.165, 1.54) is 0 Å². The summed E-state index contributed by atoms with van der Waals surface area (Å²) in [6, 6.07) is 13.1. The number of rotatable bonds is 2. The molecule has 0 aliphatic heterocycles. The van der Waals surface area contributed by atoms with Crippen LogP contribution in [0.4, 0.5) is 0 Å². The van der Waals surface area contributed by atoms with Gasteiger partial charge in [0.25, 0.3) is 6.47 Å². The van der Waals surface area contributed by atoms with Crippen molar-refractivity contribution in [3.63, 3.8) is 0 Å². The van der Waals surface area contributed by atoms with Crippen molar-refractivity contribution in [1.29, 1.82) is 0 Å². The van der Waals surface area contributed by atoms with Gasteiger partial charge >= 0.3 is 0 Å². The molecule has 0 N–H and O–H groups in total. The van der Waals surface area contributed by atoms with Gasteiger partial charge in [0.2, 0.25) is 0 Å². The van der Waals surface area contributed by atoms with Crippen LogP contribution < -0.4 is 4.74 Å². The van der Waals surface area contributed by atoms with Gasteiger partial charge in [0.1, 0.15) is 16.9 Å². The Bertz CT molecular complexity index is 667. The standard InChI is InChI=1S/C13H8O3/c14-8-15-11-6-3-7-12-13(11)9-4-1-2-5-10(9)16-12/h1-8H. The van der Waals surface area contributed by atoms with Crippen LogP contribution in [0, 0.1) is 0 Å². The highest BCUT2D eigenvalue weighted by atomic mass is 16.5. The Morgan fingerprint density at radius 2 is 1.81 bits per heavy atom. The monoisotopic (exact) mass is 212 g/mol. The molecule has 0 bridgehead atoms. The number of carbonyl (C=O) groups excluding carboxylic acids is 1. The molecular weight excluding hydrogens is 204 g/mol. The van der Waals surface area contributed by atoms with Crippen LogP contribution in [-0.2, 0) is 4.79 Å². The molecule has 0 spiro atoms. The Hall–Kier alpha value is -2.29. The molecule has 0 saturated carbocycles. The fraction of sp³-hybridized carbons (Fsp3) is 0. The van der Waals surface area contributed by atoms with Crippen molar-refractivity contribution in [1.82, 2.24) is 0 Å². The van der Waals surface area contributed by atoms with Gasteiger partial charge < -0.3 is 9.15 Å². The molecule has 3 aromatic rings. The van der Waals surface area contributed by atoms with Gasteiger partial charge in [-0.3, -0.25) is 4.79 Å². The highest BCUT2D eigenvalue weighted by molar-refractivity contribution is 6.08. The summed E-state index contributed by atoms with van der Waals surface area (Å²) in [5.74, 6) is 0.525. The van der Waals surface area contributed by atoms with Gasteiger partial charge in [0.05, 0.1) is 5.39 Å². The summed E-state index contributed by atoms with van der Waals surface area (Å²) in [6.07, 6.45) is 0. The van der Waals surface area contributed by atoms with E-state index in [1.807, 2.05) is 30.3 Å². The van der Waals surface area contributed by atoms with Gasteiger partial charge in [-0.15, -0.1) is 0 Å². The minimum atomic E-state index is 0.427.